The Bertz CT molecular complexity index is 582. The van der Waals surface area contributed by atoms with Crippen LogP contribution in [0.1, 0.15) is 43.6 Å². The molecule has 0 atom stereocenters. The number of methoxy groups -OCH3 is 1. The minimum absolute atomic E-state index is 0.411. The van der Waals surface area contributed by atoms with E-state index < -0.39 is 5.60 Å². The van der Waals surface area contributed by atoms with E-state index >= 15 is 0 Å². The summed E-state index contributed by atoms with van der Waals surface area (Å²) in [6.45, 7) is 1.89. The van der Waals surface area contributed by atoms with E-state index in [-0.39, 0.29) is 0 Å². The molecular weight excluding hydrogens is 276 g/mol. The molecule has 1 aliphatic carbocycles. The van der Waals surface area contributed by atoms with Gasteiger partial charge >= 0.3 is 0 Å². The molecule has 1 fully saturated rings. The van der Waals surface area contributed by atoms with Crippen LogP contribution in [0.25, 0.3) is 11.5 Å². The van der Waals surface area contributed by atoms with Crippen molar-refractivity contribution < 1.29 is 9.26 Å². The second-order valence-corrected chi connectivity index (χ2v) is 5.99. The predicted octanol–water partition coefficient (Wildman–Crippen LogP) is 2.89. The topological polar surface area (TPSA) is 87.1 Å². The summed E-state index contributed by atoms with van der Waals surface area (Å²) in [5.41, 5.74) is 7.08. The van der Waals surface area contributed by atoms with Gasteiger partial charge in [0, 0.05) is 7.11 Å². The first-order chi connectivity index (χ1) is 9.66. The Balaban J connectivity index is 1.97. The van der Waals surface area contributed by atoms with Crippen LogP contribution in [0.5, 0.6) is 0 Å². The second kappa shape index (κ2) is 5.14. The summed E-state index contributed by atoms with van der Waals surface area (Å²) in [5.74, 6) is 1.06. The van der Waals surface area contributed by atoms with Crippen LogP contribution in [-0.4, -0.2) is 21.6 Å². The van der Waals surface area contributed by atoms with E-state index in [0.717, 1.165) is 36.9 Å². The molecule has 1 aliphatic rings. The highest BCUT2D eigenvalue weighted by molar-refractivity contribution is 7.10. The van der Waals surface area contributed by atoms with Crippen molar-refractivity contribution in [2.75, 3.05) is 12.8 Å². The molecule has 7 heteroatoms. The lowest BCUT2D eigenvalue weighted by molar-refractivity contribution is -0.0527. The van der Waals surface area contributed by atoms with Gasteiger partial charge in [-0.1, -0.05) is 24.4 Å². The van der Waals surface area contributed by atoms with Gasteiger partial charge in [0.05, 0.1) is 11.3 Å². The molecule has 2 N–H and O–H groups in total. The number of hydrogen-bond acceptors (Lipinski definition) is 7. The number of anilines is 1. The molecule has 20 heavy (non-hydrogen) atoms. The minimum atomic E-state index is -0.411. The molecule has 2 aromatic rings. The third-order valence-electron chi connectivity index (χ3n) is 3.99. The molecule has 0 radical (unpaired) electrons. The molecule has 0 spiro atoms. The fourth-order valence-electron chi connectivity index (χ4n) is 2.80. The van der Waals surface area contributed by atoms with Crippen LogP contribution < -0.4 is 5.73 Å². The Labute approximate surface area is 121 Å². The van der Waals surface area contributed by atoms with Crippen LogP contribution >= 0.6 is 11.5 Å². The van der Waals surface area contributed by atoms with Crippen molar-refractivity contribution >= 4 is 16.5 Å². The van der Waals surface area contributed by atoms with Crippen molar-refractivity contribution in [3.05, 3.63) is 11.5 Å². The number of nitrogens with zero attached hydrogens (tertiary/aromatic N) is 3. The third kappa shape index (κ3) is 2.10. The zero-order valence-electron chi connectivity index (χ0n) is 11.7. The van der Waals surface area contributed by atoms with Crippen molar-refractivity contribution in [2.24, 2.45) is 0 Å². The van der Waals surface area contributed by atoms with Crippen LogP contribution in [0.3, 0.4) is 0 Å². The SMILES string of the molecule is COC1(c2noc(-c3c(C)nsc3N)n2)CCCCC1. The first-order valence-electron chi connectivity index (χ1n) is 6.78. The molecule has 0 amide bonds. The zero-order valence-corrected chi connectivity index (χ0v) is 12.5. The lowest BCUT2D eigenvalue weighted by atomic mass is 9.84. The Kier molecular flexibility index (Phi) is 3.47. The number of nitrogens with two attached hydrogens (primary N) is 1. The monoisotopic (exact) mass is 294 g/mol. The summed E-state index contributed by atoms with van der Waals surface area (Å²) >= 11 is 1.24. The summed E-state index contributed by atoms with van der Waals surface area (Å²) in [7, 11) is 1.72. The highest BCUT2D eigenvalue weighted by Gasteiger charge is 2.39. The molecule has 3 rings (SSSR count). The fraction of sp³-hybridized carbons (Fsp3) is 0.615. The van der Waals surface area contributed by atoms with Gasteiger partial charge in [0.1, 0.15) is 10.6 Å². The summed E-state index contributed by atoms with van der Waals surface area (Å²) < 4.78 is 15.3. The molecule has 0 bridgehead atoms. The van der Waals surface area contributed by atoms with E-state index in [0.29, 0.717) is 16.7 Å². The number of hydrogen-bond donors (Lipinski definition) is 1. The smallest absolute Gasteiger partial charge is 0.262 e. The van der Waals surface area contributed by atoms with Gasteiger partial charge in [0.25, 0.3) is 5.89 Å². The molecule has 0 aliphatic heterocycles. The largest absolute Gasteiger partial charge is 0.389 e. The third-order valence-corrected chi connectivity index (χ3v) is 4.75. The van der Waals surface area contributed by atoms with Crippen molar-refractivity contribution in [3.63, 3.8) is 0 Å². The van der Waals surface area contributed by atoms with E-state index in [4.69, 9.17) is 15.0 Å². The predicted molar refractivity (Wildman–Crippen MR) is 76.3 cm³/mol. The number of aryl methyl sites for hydroxylation is 1. The maximum absolute atomic E-state index is 5.92. The van der Waals surface area contributed by atoms with Gasteiger partial charge in [-0.3, -0.25) is 0 Å². The zero-order chi connectivity index (χ0) is 14.2. The van der Waals surface area contributed by atoms with Crippen molar-refractivity contribution in [2.45, 2.75) is 44.6 Å². The number of nitrogen functional groups attached to an aromatic ring is 1. The maximum atomic E-state index is 5.92. The van der Waals surface area contributed by atoms with Crippen LogP contribution in [0, 0.1) is 6.92 Å². The summed E-state index contributed by atoms with van der Waals surface area (Å²) in [6.07, 6.45) is 5.34. The summed E-state index contributed by atoms with van der Waals surface area (Å²) in [5, 5.41) is 4.74. The van der Waals surface area contributed by atoms with Gasteiger partial charge in [-0.2, -0.15) is 9.36 Å². The van der Waals surface area contributed by atoms with Gasteiger partial charge in [-0.05, 0) is 31.3 Å². The molecule has 108 valence electrons. The van der Waals surface area contributed by atoms with Gasteiger partial charge in [-0.25, -0.2) is 0 Å². The fourth-order valence-corrected chi connectivity index (χ4v) is 3.45. The number of ether oxygens (including phenoxy) is 1. The van der Waals surface area contributed by atoms with Crippen molar-refractivity contribution in [1.29, 1.82) is 0 Å². The van der Waals surface area contributed by atoms with E-state index in [9.17, 15) is 0 Å². The minimum Gasteiger partial charge on any atom is -0.389 e. The Morgan fingerprint density at radius 2 is 2.05 bits per heavy atom. The average Bonchev–Trinajstić information content (AvgIpc) is 3.07. The van der Waals surface area contributed by atoms with E-state index in [1.165, 1.54) is 18.0 Å². The Morgan fingerprint density at radius 1 is 1.30 bits per heavy atom. The summed E-state index contributed by atoms with van der Waals surface area (Å²) in [4.78, 5) is 4.52. The second-order valence-electron chi connectivity index (χ2n) is 5.19. The normalized spacial score (nSPS) is 18.3. The molecule has 0 aromatic carbocycles. The van der Waals surface area contributed by atoms with Gasteiger partial charge < -0.3 is 15.0 Å². The van der Waals surface area contributed by atoms with Crippen LogP contribution in [-0.2, 0) is 10.3 Å². The van der Waals surface area contributed by atoms with E-state index in [1.54, 1.807) is 7.11 Å². The van der Waals surface area contributed by atoms with Crippen molar-refractivity contribution in [3.8, 4) is 11.5 Å². The average molecular weight is 294 g/mol. The molecule has 1 saturated carbocycles. The van der Waals surface area contributed by atoms with Gasteiger partial charge in [0.2, 0.25) is 5.82 Å². The van der Waals surface area contributed by atoms with E-state index in [1.807, 2.05) is 6.92 Å². The Hall–Kier alpha value is -1.47. The Morgan fingerprint density at radius 3 is 2.65 bits per heavy atom. The number of aromatic nitrogens is 3. The highest BCUT2D eigenvalue weighted by Crippen LogP contribution is 2.40. The first-order valence-corrected chi connectivity index (χ1v) is 7.55. The maximum Gasteiger partial charge on any atom is 0.262 e. The molecular formula is C13H18N4O2S. The molecule has 0 unspecified atom stereocenters. The summed E-state index contributed by atoms with van der Waals surface area (Å²) in [6, 6.07) is 0. The van der Waals surface area contributed by atoms with Crippen molar-refractivity contribution in [1.82, 2.24) is 14.5 Å². The van der Waals surface area contributed by atoms with Gasteiger partial charge in [0.15, 0.2) is 0 Å². The van der Waals surface area contributed by atoms with E-state index in [2.05, 4.69) is 14.5 Å². The lowest BCUT2D eigenvalue weighted by Gasteiger charge is -2.32. The van der Waals surface area contributed by atoms with Crippen LogP contribution in [0.4, 0.5) is 5.00 Å². The lowest BCUT2D eigenvalue weighted by Crippen LogP contribution is -2.32. The molecule has 2 heterocycles. The molecule has 0 saturated heterocycles. The van der Waals surface area contributed by atoms with Gasteiger partial charge in [-0.15, -0.1) is 0 Å². The quantitative estimate of drug-likeness (QED) is 0.936. The standard InChI is InChI=1S/C13H18N4O2S/c1-8-9(10(14)20-17-8)11-15-12(16-19-11)13(18-2)6-4-3-5-7-13/h3-7,14H2,1-2H3. The highest BCUT2D eigenvalue weighted by atomic mass is 32.1. The van der Waals surface area contributed by atoms with Crippen LogP contribution in [0.15, 0.2) is 4.52 Å². The molecule has 2 aromatic heterocycles. The van der Waals surface area contributed by atoms with Crippen LogP contribution in [0.2, 0.25) is 0 Å². The number of rotatable bonds is 3. The molecule has 6 nitrogen and oxygen atoms in total. The first kappa shape index (κ1) is 13.5.